The molecule has 10 heteroatoms. The minimum absolute atomic E-state index is 0.199. The number of nitrogen functional groups attached to an aromatic ring is 1. The standard InChI is InChI=1S/C16H23Cl2N7O.C2H6/c17-12-10(1-4-22-14(12)18)26-16(21)13-15(20)24-11(8-23-13)25-5-2-9(7-19)3-6-25;1-2/h4,8-10,16H,1-3,5-7,19,21H2,(H2,20,24);1-2H3. The lowest BCUT2D eigenvalue weighted by atomic mass is 9.97. The second-order valence-electron chi connectivity index (χ2n) is 6.40. The van der Waals surface area contributed by atoms with Crippen molar-refractivity contribution in [1.29, 1.82) is 0 Å². The molecule has 8 nitrogen and oxygen atoms in total. The molecule has 3 heterocycles. The Kier molecular flexibility index (Phi) is 8.91. The van der Waals surface area contributed by atoms with Gasteiger partial charge in [0, 0.05) is 25.7 Å². The molecule has 0 amide bonds. The molecule has 28 heavy (non-hydrogen) atoms. The zero-order valence-electron chi connectivity index (χ0n) is 16.3. The number of ether oxygens (including phenoxy) is 1. The van der Waals surface area contributed by atoms with Crippen molar-refractivity contribution in [3.05, 3.63) is 22.1 Å². The third-order valence-corrected chi connectivity index (χ3v) is 5.49. The van der Waals surface area contributed by atoms with Gasteiger partial charge in [-0.05, 0) is 25.3 Å². The molecular weight excluding hydrogens is 401 g/mol. The zero-order valence-corrected chi connectivity index (χ0v) is 17.8. The van der Waals surface area contributed by atoms with E-state index in [4.69, 9.17) is 45.1 Å². The van der Waals surface area contributed by atoms with Crippen LogP contribution in [0.3, 0.4) is 0 Å². The Bertz CT molecular complexity index is 705. The number of hydrogen-bond donors (Lipinski definition) is 3. The summed E-state index contributed by atoms with van der Waals surface area (Å²) < 4.78 is 5.76. The lowest BCUT2D eigenvalue weighted by Gasteiger charge is -2.32. The van der Waals surface area contributed by atoms with Crippen LogP contribution in [-0.2, 0) is 4.74 Å². The van der Waals surface area contributed by atoms with Gasteiger partial charge in [0.15, 0.2) is 12.0 Å². The molecule has 1 saturated heterocycles. The van der Waals surface area contributed by atoms with E-state index in [1.165, 1.54) is 0 Å². The molecule has 1 fully saturated rings. The molecule has 0 radical (unpaired) electrons. The maximum atomic E-state index is 6.13. The van der Waals surface area contributed by atoms with Crippen LogP contribution in [0.5, 0.6) is 0 Å². The van der Waals surface area contributed by atoms with E-state index in [1.807, 2.05) is 13.8 Å². The molecular formula is C18H29Cl2N7O. The number of hydrogen-bond acceptors (Lipinski definition) is 8. The highest BCUT2D eigenvalue weighted by molar-refractivity contribution is 6.40. The smallest absolute Gasteiger partial charge is 0.153 e. The molecule has 0 saturated carbocycles. The van der Waals surface area contributed by atoms with Crippen molar-refractivity contribution in [2.24, 2.45) is 22.4 Å². The van der Waals surface area contributed by atoms with Crippen LogP contribution in [0, 0.1) is 5.92 Å². The summed E-state index contributed by atoms with van der Waals surface area (Å²) >= 11 is 12.0. The van der Waals surface area contributed by atoms with Gasteiger partial charge in [-0.1, -0.05) is 37.0 Å². The lowest BCUT2D eigenvalue weighted by Crippen LogP contribution is -2.37. The van der Waals surface area contributed by atoms with E-state index in [1.54, 1.807) is 12.4 Å². The summed E-state index contributed by atoms with van der Waals surface area (Å²) in [5.41, 5.74) is 18.3. The van der Waals surface area contributed by atoms with Crippen LogP contribution in [0.15, 0.2) is 21.4 Å². The van der Waals surface area contributed by atoms with Crippen molar-refractivity contribution in [2.75, 3.05) is 30.3 Å². The second kappa shape index (κ2) is 10.9. The quantitative estimate of drug-likeness (QED) is 0.484. The highest BCUT2D eigenvalue weighted by atomic mass is 35.5. The van der Waals surface area contributed by atoms with Crippen molar-refractivity contribution >= 4 is 41.1 Å². The number of aromatic nitrogens is 2. The molecule has 2 atom stereocenters. The highest BCUT2D eigenvalue weighted by Crippen LogP contribution is 2.30. The van der Waals surface area contributed by atoms with Crippen LogP contribution in [0.1, 0.15) is 45.0 Å². The van der Waals surface area contributed by atoms with Gasteiger partial charge in [-0.3, -0.25) is 0 Å². The summed E-state index contributed by atoms with van der Waals surface area (Å²) in [5, 5.41) is 0.515. The molecule has 0 spiro atoms. The van der Waals surface area contributed by atoms with E-state index in [9.17, 15) is 0 Å². The molecule has 2 unspecified atom stereocenters. The van der Waals surface area contributed by atoms with Crippen molar-refractivity contribution in [3.8, 4) is 0 Å². The minimum atomic E-state index is -0.866. The number of halogens is 2. The minimum Gasteiger partial charge on any atom is -0.382 e. The van der Waals surface area contributed by atoms with E-state index < -0.39 is 12.3 Å². The monoisotopic (exact) mass is 429 g/mol. The third-order valence-electron chi connectivity index (χ3n) is 4.67. The molecule has 0 bridgehead atoms. The van der Waals surface area contributed by atoms with E-state index in [0.717, 1.165) is 38.3 Å². The molecule has 156 valence electrons. The number of nitrogens with two attached hydrogens (primary N) is 3. The van der Waals surface area contributed by atoms with Gasteiger partial charge in [0.25, 0.3) is 0 Å². The summed E-state index contributed by atoms with van der Waals surface area (Å²) in [6, 6.07) is 0. The van der Waals surface area contributed by atoms with E-state index in [0.29, 0.717) is 23.1 Å². The van der Waals surface area contributed by atoms with Crippen LogP contribution < -0.4 is 22.1 Å². The van der Waals surface area contributed by atoms with Gasteiger partial charge in [0.2, 0.25) is 0 Å². The van der Waals surface area contributed by atoms with Gasteiger partial charge in [0.05, 0.1) is 11.2 Å². The molecule has 1 aromatic heterocycles. The molecule has 3 rings (SSSR count). The van der Waals surface area contributed by atoms with Gasteiger partial charge in [-0.15, -0.1) is 0 Å². The van der Waals surface area contributed by atoms with E-state index in [-0.39, 0.29) is 11.0 Å². The predicted molar refractivity (Wildman–Crippen MR) is 115 cm³/mol. The summed E-state index contributed by atoms with van der Waals surface area (Å²) in [6.07, 6.45) is 4.51. The number of rotatable bonds is 5. The van der Waals surface area contributed by atoms with Crippen LogP contribution in [0.25, 0.3) is 0 Å². The molecule has 1 aromatic rings. The summed E-state index contributed by atoms with van der Waals surface area (Å²) in [4.78, 5) is 14.9. The Labute approximate surface area is 176 Å². The largest absolute Gasteiger partial charge is 0.382 e. The molecule has 6 N–H and O–H groups in total. The first kappa shape index (κ1) is 22.8. The maximum Gasteiger partial charge on any atom is 0.153 e. The number of nitrogens with zero attached hydrogens (tertiary/aromatic N) is 4. The summed E-state index contributed by atoms with van der Waals surface area (Å²) in [6.45, 7) is 6.50. The van der Waals surface area contributed by atoms with Crippen molar-refractivity contribution in [1.82, 2.24) is 9.97 Å². The number of piperidine rings is 1. The first-order valence-corrected chi connectivity index (χ1v) is 10.3. The van der Waals surface area contributed by atoms with Gasteiger partial charge in [0.1, 0.15) is 22.8 Å². The van der Waals surface area contributed by atoms with Crippen LogP contribution >= 0.6 is 23.2 Å². The fraction of sp³-hybridized carbons (Fsp3) is 0.611. The van der Waals surface area contributed by atoms with Crippen LogP contribution in [-0.4, -0.2) is 41.9 Å². The SMILES string of the molecule is CC.NCC1CCN(c2cnc(C(N)OC3CC=NC(Cl)=C3Cl)c(N)n2)CC1. The first-order chi connectivity index (χ1) is 13.5. The Balaban J connectivity index is 0.00000136. The highest BCUT2D eigenvalue weighted by Gasteiger charge is 2.25. The average molecular weight is 430 g/mol. The number of aliphatic imine (C=N–C) groups is 1. The second-order valence-corrected chi connectivity index (χ2v) is 7.16. The molecule has 0 aromatic carbocycles. The number of anilines is 2. The predicted octanol–water partition coefficient (Wildman–Crippen LogP) is 2.72. The van der Waals surface area contributed by atoms with Crippen molar-refractivity contribution in [2.45, 2.75) is 45.4 Å². The topological polar surface area (TPSA) is 129 Å². The van der Waals surface area contributed by atoms with Crippen LogP contribution in [0.2, 0.25) is 0 Å². The van der Waals surface area contributed by atoms with E-state index in [2.05, 4.69) is 19.9 Å². The average Bonchev–Trinajstić information content (AvgIpc) is 2.73. The zero-order chi connectivity index (χ0) is 20.7. The fourth-order valence-corrected chi connectivity index (χ4v) is 3.44. The Morgan fingerprint density at radius 3 is 2.57 bits per heavy atom. The van der Waals surface area contributed by atoms with Crippen molar-refractivity contribution in [3.63, 3.8) is 0 Å². The summed E-state index contributed by atoms with van der Waals surface area (Å²) in [5.74, 6) is 1.55. The first-order valence-electron chi connectivity index (χ1n) is 9.55. The maximum absolute atomic E-state index is 6.13. The van der Waals surface area contributed by atoms with E-state index >= 15 is 0 Å². The normalized spacial score (nSPS) is 21.4. The molecule has 2 aliphatic rings. The van der Waals surface area contributed by atoms with Gasteiger partial charge in [-0.2, -0.15) is 0 Å². The van der Waals surface area contributed by atoms with Crippen LogP contribution in [0.4, 0.5) is 11.6 Å². The lowest BCUT2D eigenvalue weighted by molar-refractivity contribution is 0.0148. The van der Waals surface area contributed by atoms with Gasteiger partial charge < -0.3 is 26.8 Å². The van der Waals surface area contributed by atoms with Crippen molar-refractivity contribution < 1.29 is 4.74 Å². The summed E-state index contributed by atoms with van der Waals surface area (Å²) in [7, 11) is 0. The van der Waals surface area contributed by atoms with Gasteiger partial charge >= 0.3 is 0 Å². The van der Waals surface area contributed by atoms with Gasteiger partial charge in [-0.25, -0.2) is 15.0 Å². The Morgan fingerprint density at radius 1 is 1.29 bits per heavy atom. The molecule has 0 aliphatic carbocycles. The fourth-order valence-electron chi connectivity index (χ4n) is 3.06. The molecule has 2 aliphatic heterocycles. The Hall–Kier alpha value is -1.45. The Morgan fingerprint density at radius 2 is 1.96 bits per heavy atom. The third kappa shape index (κ3) is 5.55.